The van der Waals surface area contributed by atoms with Gasteiger partial charge in [0.15, 0.2) is 6.61 Å². The predicted molar refractivity (Wildman–Crippen MR) is 124 cm³/mol. The lowest BCUT2D eigenvalue weighted by atomic mass is 10.0. The van der Waals surface area contributed by atoms with Crippen LogP contribution in [0.25, 0.3) is 0 Å². The normalized spacial score (nSPS) is 15.9. The first-order chi connectivity index (χ1) is 15.2. The summed E-state index contributed by atoms with van der Waals surface area (Å²) in [5.41, 5.74) is 0.505. The first kappa shape index (κ1) is 24.0. The van der Waals surface area contributed by atoms with E-state index < -0.39 is 10.0 Å². The smallest absolute Gasteiger partial charge is 0.273 e. The van der Waals surface area contributed by atoms with Crippen LogP contribution in [0, 0.1) is 17.2 Å². The molecule has 1 fully saturated rings. The van der Waals surface area contributed by atoms with Gasteiger partial charge in [0.1, 0.15) is 16.0 Å². The Balaban J connectivity index is 1.51. The molecule has 1 aromatic heterocycles. The number of nitrogens with zero attached hydrogens (tertiary/aromatic N) is 4. The van der Waals surface area contributed by atoms with Gasteiger partial charge in [-0.2, -0.15) is 5.26 Å². The Morgan fingerprint density at radius 2 is 1.84 bits per heavy atom. The molecule has 0 aliphatic carbocycles. The second kappa shape index (κ2) is 10.3. The molecular formula is C22H28N4O4S2. The summed E-state index contributed by atoms with van der Waals surface area (Å²) in [6, 6.07) is 12.1. The molecule has 1 unspecified atom stereocenters. The molecule has 10 heteroatoms. The Kier molecular flexibility index (Phi) is 7.77. The van der Waals surface area contributed by atoms with E-state index in [4.69, 9.17) is 4.74 Å². The second-order valence-electron chi connectivity index (χ2n) is 7.92. The highest BCUT2D eigenvalue weighted by Crippen LogP contribution is 2.26. The van der Waals surface area contributed by atoms with Gasteiger partial charge in [0.05, 0.1) is 11.8 Å². The molecule has 1 saturated heterocycles. The average Bonchev–Trinajstić information content (AvgIpc) is 3.34. The van der Waals surface area contributed by atoms with Crippen LogP contribution in [-0.4, -0.2) is 70.0 Å². The van der Waals surface area contributed by atoms with Crippen LogP contribution < -0.4 is 9.04 Å². The number of benzene rings is 1. The van der Waals surface area contributed by atoms with E-state index in [2.05, 4.69) is 11.0 Å². The number of hydrogen-bond acceptors (Lipinski definition) is 7. The molecule has 1 aliphatic rings. The molecule has 1 atom stereocenters. The van der Waals surface area contributed by atoms with Gasteiger partial charge in [-0.05, 0) is 41.6 Å². The van der Waals surface area contributed by atoms with Crippen molar-refractivity contribution in [2.24, 2.45) is 5.92 Å². The molecule has 0 saturated carbocycles. The van der Waals surface area contributed by atoms with Crippen molar-refractivity contribution in [1.29, 1.82) is 5.26 Å². The highest BCUT2D eigenvalue weighted by atomic mass is 32.2. The first-order valence-electron chi connectivity index (χ1n) is 10.4. The summed E-state index contributed by atoms with van der Waals surface area (Å²) >= 11 is 1.17. The van der Waals surface area contributed by atoms with Crippen molar-refractivity contribution in [3.05, 3.63) is 41.8 Å². The highest BCUT2D eigenvalue weighted by Gasteiger charge is 2.28. The van der Waals surface area contributed by atoms with E-state index in [-0.39, 0.29) is 28.7 Å². The van der Waals surface area contributed by atoms with Gasteiger partial charge in [-0.3, -0.25) is 14.0 Å². The standard InChI is InChI=1S/C22H28N4O4S2/c1-17(2)20(15-23)25-10-12-26(13-11-25)21(27)16-30-19-8-6-18(7-9-19)24(3)32(28,29)22-5-4-14-31-22/h4-9,14,17,20H,10-13,16H2,1-3H3. The summed E-state index contributed by atoms with van der Waals surface area (Å²) in [6.45, 7) is 6.44. The van der Waals surface area contributed by atoms with Crippen molar-refractivity contribution in [3.63, 3.8) is 0 Å². The van der Waals surface area contributed by atoms with Crippen LogP contribution in [0.4, 0.5) is 5.69 Å². The molecule has 1 aliphatic heterocycles. The van der Waals surface area contributed by atoms with Crippen molar-refractivity contribution in [2.75, 3.05) is 44.1 Å². The first-order valence-corrected chi connectivity index (χ1v) is 12.7. The summed E-state index contributed by atoms with van der Waals surface area (Å²) in [4.78, 5) is 16.4. The number of hydrogen-bond donors (Lipinski definition) is 0. The average molecular weight is 477 g/mol. The van der Waals surface area contributed by atoms with Crippen LogP contribution in [0.2, 0.25) is 0 Å². The third-order valence-electron chi connectivity index (χ3n) is 5.50. The van der Waals surface area contributed by atoms with E-state index in [0.717, 1.165) is 0 Å². The molecule has 3 rings (SSSR count). The number of thiophene rings is 1. The van der Waals surface area contributed by atoms with Crippen LogP contribution in [0.1, 0.15) is 13.8 Å². The monoisotopic (exact) mass is 476 g/mol. The molecule has 2 heterocycles. The van der Waals surface area contributed by atoms with E-state index >= 15 is 0 Å². The summed E-state index contributed by atoms with van der Waals surface area (Å²) in [7, 11) is -2.09. The SMILES string of the molecule is CC(C)C(C#N)N1CCN(C(=O)COc2ccc(N(C)S(=O)(=O)c3cccs3)cc2)CC1. The van der Waals surface area contributed by atoms with Crippen LogP contribution in [-0.2, 0) is 14.8 Å². The number of carbonyl (C=O) groups is 1. The van der Waals surface area contributed by atoms with Crippen LogP contribution >= 0.6 is 11.3 Å². The maximum absolute atomic E-state index is 12.6. The van der Waals surface area contributed by atoms with E-state index in [1.165, 1.54) is 22.7 Å². The van der Waals surface area contributed by atoms with Gasteiger partial charge >= 0.3 is 0 Å². The molecule has 0 spiro atoms. The summed E-state index contributed by atoms with van der Waals surface area (Å²) in [6.07, 6.45) is 0. The Bertz CT molecular complexity index is 1040. The van der Waals surface area contributed by atoms with Gasteiger partial charge in [0.25, 0.3) is 15.9 Å². The maximum atomic E-state index is 12.6. The van der Waals surface area contributed by atoms with Gasteiger partial charge in [-0.15, -0.1) is 11.3 Å². The molecule has 0 bridgehead atoms. The fourth-order valence-corrected chi connectivity index (χ4v) is 5.93. The van der Waals surface area contributed by atoms with Crippen molar-refractivity contribution >= 4 is 33.0 Å². The van der Waals surface area contributed by atoms with Gasteiger partial charge in [0, 0.05) is 33.2 Å². The highest BCUT2D eigenvalue weighted by molar-refractivity contribution is 7.94. The van der Waals surface area contributed by atoms with Crippen LogP contribution in [0.3, 0.4) is 0 Å². The summed E-state index contributed by atoms with van der Waals surface area (Å²) in [5.74, 6) is 0.629. The fourth-order valence-electron chi connectivity index (χ4n) is 3.57. The molecule has 2 aromatic rings. The molecule has 172 valence electrons. The molecule has 0 N–H and O–H groups in total. The molecule has 32 heavy (non-hydrogen) atoms. The fraction of sp³-hybridized carbons (Fsp3) is 0.455. The Morgan fingerprint density at radius 3 is 2.38 bits per heavy atom. The van der Waals surface area contributed by atoms with Gasteiger partial charge in [0.2, 0.25) is 0 Å². The molecule has 1 aromatic carbocycles. The number of carbonyl (C=O) groups excluding carboxylic acids is 1. The van der Waals surface area contributed by atoms with Gasteiger partial charge in [-0.25, -0.2) is 8.42 Å². The zero-order valence-electron chi connectivity index (χ0n) is 18.5. The molecular weight excluding hydrogens is 448 g/mol. The van der Waals surface area contributed by atoms with Crippen molar-refractivity contribution in [3.8, 4) is 11.8 Å². The van der Waals surface area contributed by atoms with Crippen molar-refractivity contribution in [2.45, 2.75) is 24.1 Å². The van der Waals surface area contributed by atoms with Crippen molar-refractivity contribution < 1.29 is 17.9 Å². The lowest BCUT2D eigenvalue weighted by Crippen LogP contribution is -2.53. The summed E-state index contributed by atoms with van der Waals surface area (Å²) in [5, 5.41) is 11.1. The topological polar surface area (TPSA) is 94.0 Å². The Hall–Kier alpha value is -2.61. The van der Waals surface area contributed by atoms with E-state index in [9.17, 15) is 18.5 Å². The zero-order valence-corrected chi connectivity index (χ0v) is 20.1. The van der Waals surface area contributed by atoms with Gasteiger partial charge in [-0.1, -0.05) is 19.9 Å². The number of nitriles is 1. The lowest BCUT2D eigenvalue weighted by molar-refractivity contribution is -0.135. The zero-order chi connectivity index (χ0) is 23.3. The second-order valence-corrected chi connectivity index (χ2v) is 11.1. The van der Waals surface area contributed by atoms with E-state index in [1.807, 2.05) is 13.8 Å². The molecule has 1 amide bonds. The number of sulfonamides is 1. The third-order valence-corrected chi connectivity index (χ3v) is 8.66. The largest absolute Gasteiger partial charge is 0.484 e. The number of amides is 1. The maximum Gasteiger partial charge on any atom is 0.273 e. The van der Waals surface area contributed by atoms with E-state index in [0.29, 0.717) is 37.6 Å². The number of rotatable bonds is 8. The number of anilines is 1. The lowest BCUT2D eigenvalue weighted by Gasteiger charge is -2.38. The summed E-state index contributed by atoms with van der Waals surface area (Å²) < 4.78 is 32.4. The number of piperazine rings is 1. The van der Waals surface area contributed by atoms with Crippen LogP contribution in [0.15, 0.2) is 46.0 Å². The van der Waals surface area contributed by atoms with Crippen LogP contribution in [0.5, 0.6) is 5.75 Å². The Labute approximate surface area is 193 Å². The quantitative estimate of drug-likeness (QED) is 0.581. The minimum Gasteiger partial charge on any atom is -0.484 e. The molecule has 8 nitrogen and oxygen atoms in total. The number of ether oxygens (including phenoxy) is 1. The van der Waals surface area contributed by atoms with E-state index in [1.54, 1.807) is 46.7 Å². The molecule has 0 radical (unpaired) electrons. The van der Waals surface area contributed by atoms with Gasteiger partial charge < -0.3 is 9.64 Å². The third kappa shape index (κ3) is 5.41. The Morgan fingerprint density at radius 1 is 1.19 bits per heavy atom. The predicted octanol–water partition coefficient (Wildman–Crippen LogP) is 2.64. The van der Waals surface area contributed by atoms with Crippen molar-refractivity contribution in [1.82, 2.24) is 9.80 Å². The minimum atomic E-state index is -3.59. The minimum absolute atomic E-state index is 0.0888.